The first kappa shape index (κ1) is 36.4. The minimum Gasteiger partial charge on any atom is -0.475 e. The molecule has 0 unspecified atom stereocenters. The molecular formula is C34H37ClF5N7O5. The van der Waals surface area contributed by atoms with Crippen molar-refractivity contribution in [3.63, 3.8) is 0 Å². The second-order valence-electron chi connectivity index (χ2n) is 13.9. The zero-order valence-electron chi connectivity index (χ0n) is 27.9. The summed E-state index contributed by atoms with van der Waals surface area (Å²) in [5.41, 5.74) is 1.83. The molecule has 0 saturated carbocycles. The lowest BCUT2D eigenvalue weighted by Crippen LogP contribution is -2.45. The van der Waals surface area contributed by atoms with E-state index in [1.54, 1.807) is 12.4 Å². The molecule has 8 heterocycles. The van der Waals surface area contributed by atoms with Crippen LogP contribution < -0.4 is 9.64 Å². The number of ether oxygens (including phenoxy) is 2. The van der Waals surface area contributed by atoms with E-state index < -0.39 is 35.8 Å². The number of aromatic amines is 1. The molecule has 3 fully saturated rings. The molecule has 4 atom stereocenters. The minimum absolute atomic E-state index is 0.0193. The van der Waals surface area contributed by atoms with Crippen molar-refractivity contribution >= 4 is 45.2 Å². The van der Waals surface area contributed by atoms with Gasteiger partial charge in [0.05, 0.1) is 35.3 Å². The minimum atomic E-state index is -5.08. The maximum absolute atomic E-state index is 17.0. The normalized spacial score (nSPS) is 25.3. The van der Waals surface area contributed by atoms with E-state index in [4.69, 9.17) is 36.0 Å². The number of benzene rings is 1. The number of carboxylic acids is 1. The predicted molar refractivity (Wildman–Crippen MR) is 180 cm³/mol. The van der Waals surface area contributed by atoms with Crippen molar-refractivity contribution in [3.05, 3.63) is 34.9 Å². The number of aliphatic carboxylic acids is 1. The summed E-state index contributed by atoms with van der Waals surface area (Å²) in [5, 5.41) is 26.8. The van der Waals surface area contributed by atoms with Gasteiger partial charge in [0.2, 0.25) is 0 Å². The number of nitrogens with zero attached hydrogens (tertiary/aromatic N) is 6. The molecule has 9 rings (SSSR count). The fraction of sp³-hybridized carbons (Fsp3) is 0.559. The van der Waals surface area contributed by atoms with Gasteiger partial charge in [-0.05, 0) is 56.7 Å². The molecular weight excluding hydrogens is 717 g/mol. The SMILES string of the molecule is O=C(O)C(F)(F)F.O[C@H]1C[C@@H]2COCCCCc3c(Cl)cc4[nH]ncc4c3-c3ncc4c(nc(OC[C@@]56CCCN5C[C@H](F)C6)nc4c3F)N(C1)C2. The summed E-state index contributed by atoms with van der Waals surface area (Å²) in [6.07, 6.45) is 1.67. The molecule has 18 heteroatoms. The van der Waals surface area contributed by atoms with Crippen molar-refractivity contribution in [1.29, 1.82) is 0 Å². The Balaban J connectivity index is 0.000000548. The molecule has 280 valence electrons. The van der Waals surface area contributed by atoms with Crippen molar-refractivity contribution in [1.82, 2.24) is 30.0 Å². The maximum Gasteiger partial charge on any atom is 0.490 e. The second kappa shape index (κ2) is 14.5. The van der Waals surface area contributed by atoms with E-state index in [0.29, 0.717) is 84.8 Å². The highest BCUT2D eigenvalue weighted by Gasteiger charge is 2.49. The largest absolute Gasteiger partial charge is 0.490 e. The van der Waals surface area contributed by atoms with Gasteiger partial charge in [-0.25, -0.2) is 13.6 Å². The molecule has 5 aliphatic rings. The molecule has 3 saturated heterocycles. The molecule has 0 amide bonds. The zero-order valence-corrected chi connectivity index (χ0v) is 28.7. The van der Waals surface area contributed by atoms with Crippen LogP contribution in [0.1, 0.15) is 44.1 Å². The summed E-state index contributed by atoms with van der Waals surface area (Å²) in [6, 6.07) is 1.84. The molecule has 6 bridgehead atoms. The van der Waals surface area contributed by atoms with E-state index in [9.17, 15) is 22.7 Å². The van der Waals surface area contributed by atoms with Crippen LogP contribution in [0.3, 0.4) is 0 Å². The third kappa shape index (κ3) is 7.19. The van der Waals surface area contributed by atoms with E-state index in [1.165, 1.54) is 0 Å². The molecule has 0 aliphatic carbocycles. The lowest BCUT2D eigenvalue weighted by atomic mass is 9.94. The molecule has 4 aromatic rings. The van der Waals surface area contributed by atoms with Crippen LogP contribution in [0, 0.1) is 11.7 Å². The number of halogens is 6. The van der Waals surface area contributed by atoms with E-state index in [2.05, 4.69) is 25.1 Å². The number of aliphatic hydroxyl groups excluding tert-OH is 1. The molecule has 3 aromatic heterocycles. The van der Waals surface area contributed by atoms with Crippen LogP contribution in [0.25, 0.3) is 33.1 Å². The number of aromatic nitrogens is 5. The summed E-state index contributed by atoms with van der Waals surface area (Å²) in [7, 11) is 0. The number of rotatable bonds is 3. The Morgan fingerprint density at radius 3 is 2.75 bits per heavy atom. The number of alkyl halides is 4. The first-order chi connectivity index (χ1) is 24.8. The summed E-state index contributed by atoms with van der Waals surface area (Å²) < 4.78 is 75.5. The molecule has 0 radical (unpaired) electrons. The second-order valence-corrected chi connectivity index (χ2v) is 14.3. The molecule has 3 N–H and O–H groups in total. The first-order valence-corrected chi connectivity index (χ1v) is 17.5. The molecule has 5 aliphatic heterocycles. The number of aliphatic hydroxyl groups is 1. The molecule has 0 spiro atoms. The molecule has 1 aromatic carbocycles. The van der Waals surface area contributed by atoms with E-state index in [1.807, 2.05) is 11.0 Å². The Bertz CT molecular complexity index is 1970. The van der Waals surface area contributed by atoms with Gasteiger partial charge in [-0.2, -0.15) is 28.2 Å². The number of hydrogen-bond donors (Lipinski definition) is 3. The highest BCUT2D eigenvalue weighted by molar-refractivity contribution is 6.33. The number of carbonyl (C=O) groups is 1. The molecule has 52 heavy (non-hydrogen) atoms. The van der Waals surface area contributed by atoms with Gasteiger partial charge in [0.25, 0.3) is 0 Å². The van der Waals surface area contributed by atoms with Gasteiger partial charge in [0, 0.05) is 60.7 Å². The van der Waals surface area contributed by atoms with Crippen LogP contribution in [-0.2, 0) is 16.0 Å². The third-order valence-electron chi connectivity index (χ3n) is 10.3. The number of nitrogens with one attached hydrogen (secondary N) is 1. The summed E-state index contributed by atoms with van der Waals surface area (Å²) >= 11 is 6.81. The lowest BCUT2D eigenvalue weighted by Gasteiger charge is -2.37. The van der Waals surface area contributed by atoms with Gasteiger partial charge in [-0.1, -0.05) is 11.6 Å². The lowest BCUT2D eigenvalue weighted by molar-refractivity contribution is -0.192. The Hall–Kier alpha value is -3.93. The summed E-state index contributed by atoms with van der Waals surface area (Å²) in [4.78, 5) is 27.1. The first-order valence-electron chi connectivity index (χ1n) is 17.2. The fourth-order valence-corrected chi connectivity index (χ4v) is 8.29. The Labute approximate surface area is 299 Å². The van der Waals surface area contributed by atoms with Crippen molar-refractivity contribution in [2.45, 2.75) is 68.9 Å². The van der Waals surface area contributed by atoms with Gasteiger partial charge in [-0.15, -0.1) is 0 Å². The van der Waals surface area contributed by atoms with Gasteiger partial charge < -0.3 is 24.6 Å². The van der Waals surface area contributed by atoms with Gasteiger partial charge in [0.1, 0.15) is 29.8 Å². The van der Waals surface area contributed by atoms with Crippen LogP contribution >= 0.6 is 11.6 Å². The number of fused-ring (bicyclic) bond motifs is 8. The quantitative estimate of drug-likeness (QED) is 0.228. The average Bonchev–Trinajstić information content (AvgIpc) is 3.79. The number of carboxylic acid groups (broad SMARTS) is 1. The van der Waals surface area contributed by atoms with Crippen molar-refractivity contribution in [2.75, 3.05) is 50.9 Å². The fourth-order valence-electron chi connectivity index (χ4n) is 7.99. The van der Waals surface area contributed by atoms with Crippen molar-refractivity contribution < 1.29 is 46.4 Å². The summed E-state index contributed by atoms with van der Waals surface area (Å²) in [5.74, 6) is -2.86. The standard InChI is InChI=1S/C32H36ClF2N7O3.C2HF3O2/c33-24-9-25-22(12-37-40-25)26-21(24)4-1-2-7-44-16-18-8-20(43)15-41(13-18)30-23-11-36-29(26)27(35)28(23)38-31(39-30)45-17-32-5-3-6-42(32)14-19(34)10-32;3-2(4,5)1(6)7/h9,11-12,18-20,43H,1-8,10,13-17H2,(H,37,40);(H,6,7)/t18-,19+,20-,32-;/m0./s1. The van der Waals surface area contributed by atoms with Crippen LogP contribution in [0.15, 0.2) is 18.5 Å². The highest BCUT2D eigenvalue weighted by Crippen LogP contribution is 2.42. The van der Waals surface area contributed by atoms with Crippen molar-refractivity contribution in [3.8, 4) is 17.3 Å². The smallest absolute Gasteiger partial charge is 0.475 e. The Kier molecular flexibility index (Phi) is 10.1. The van der Waals surface area contributed by atoms with Crippen LogP contribution in [-0.4, -0.2) is 116 Å². The Morgan fingerprint density at radius 1 is 1.15 bits per heavy atom. The van der Waals surface area contributed by atoms with Gasteiger partial charge >= 0.3 is 18.2 Å². The third-order valence-corrected chi connectivity index (χ3v) is 10.6. The van der Waals surface area contributed by atoms with Gasteiger partial charge in [-0.3, -0.25) is 15.0 Å². The van der Waals surface area contributed by atoms with Crippen LogP contribution in [0.5, 0.6) is 6.01 Å². The van der Waals surface area contributed by atoms with Crippen LogP contribution in [0.4, 0.5) is 27.8 Å². The number of hydrogen-bond acceptors (Lipinski definition) is 10. The number of pyridine rings is 1. The van der Waals surface area contributed by atoms with E-state index >= 15 is 4.39 Å². The van der Waals surface area contributed by atoms with E-state index in [0.717, 1.165) is 37.8 Å². The summed E-state index contributed by atoms with van der Waals surface area (Å²) in [6.45, 7) is 3.40. The zero-order chi connectivity index (χ0) is 36.8. The maximum atomic E-state index is 17.0. The monoisotopic (exact) mass is 753 g/mol. The number of H-pyrrole nitrogens is 1. The molecule has 12 nitrogen and oxygen atoms in total. The number of anilines is 1. The van der Waals surface area contributed by atoms with Crippen molar-refractivity contribution in [2.24, 2.45) is 5.92 Å². The predicted octanol–water partition coefficient (Wildman–Crippen LogP) is 5.49. The van der Waals surface area contributed by atoms with E-state index in [-0.39, 0.29) is 29.7 Å². The Morgan fingerprint density at radius 2 is 1.96 bits per heavy atom. The van der Waals surface area contributed by atoms with Crippen LogP contribution in [0.2, 0.25) is 5.02 Å². The number of piperidine rings is 1. The van der Waals surface area contributed by atoms with Gasteiger partial charge in [0.15, 0.2) is 5.82 Å². The average molecular weight is 754 g/mol. The topological polar surface area (TPSA) is 150 Å². The highest BCUT2D eigenvalue weighted by atomic mass is 35.5.